The number of ketones is 1. The number of likely N-dealkylation sites (N-methyl/N-ethyl adjacent to an activating group) is 1. The molecular weight excluding hydrogens is 142 g/mol. The van der Waals surface area contributed by atoms with Gasteiger partial charge in [0.05, 0.1) is 27.7 Å². The Morgan fingerprint density at radius 2 is 1.91 bits per heavy atom. The number of ether oxygens (including phenoxy) is 1. The van der Waals surface area contributed by atoms with E-state index in [0.717, 1.165) is 11.0 Å². The standard InChI is InChI=1S/C8H18NO2/c1-8(10)7-11-6-5-9(2,3)4/h5-7H2,1-4H3/q+1. The van der Waals surface area contributed by atoms with Gasteiger partial charge in [-0.05, 0) is 6.92 Å². The molecule has 0 heterocycles. The number of Topliss-reactive ketones (excluding diaryl/α,β-unsaturated/α-hetero) is 1. The molecule has 0 aliphatic rings. The Balaban J connectivity index is 3.22. The first-order valence-corrected chi connectivity index (χ1v) is 3.79. The summed E-state index contributed by atoms with van der Waals surface area (Å²) in [5.74, 6) is 0.0893. The summed E-state index contributed by atoms with van der Waals surface area (Å²) >= 11 is 0. The largest absolute Gasteiger partial charge is 0.368 e. The van der Waals surface area contributed by atoms with E-state index >= 15 is 0 Å². The summed E-state index contributed by atoms with van der Waals surface area (Å²) in [6.45, 7) is 3.38. The molecule has 66 valence electrons. The fraction of sp³-hybridized carbons (Fsp3) is 0.875. The molecule has 0 atom stereocenters. The van der Waals surface area contributed by atoms with Crippen LogP contribution in [0.3, 0.4) is 0 Å². The molecule has 0 amide bonds. The van der Waals surface area contributed by atoms with Crippen molar-refractivity contribution in [2.45, 2.75) is 6.92 Å². The van der Waals surface area contributed by atoms with Crippen molar-refractivity contribution in [3.63, 3.8) is 0 Å². The second-order valence-corrected chi connectivity index (χ2v) is 3.77. The summed E-state index contributed by atoms with van der Waals surface area (Å²) in [5.41, 5.74) is 0. The molecule has 0 saturated heterocycles. The maximum Gasteiger partial charge on any atom is 0.155 e. The van der Waals surface area contributed by atoms with Crippen molar-refractivity contribution in [2.24, 2.45) is 0 Å². The molecule has 0 aromatic rings. The molecule has 0 aromatic carbocycles. The van der Waals surface area contributed by atoms with Gasteiger partial charge in [0.15, 0.2) is 5.78 Å². The number of carbonyl (C=O) groups excluding carboxylic acids is 1. The Labute approximate surface area is 68.5 Å². The van der Waals surface area contributed by atoms with Gasteiger partial charge in [0.1, 0.15) is 13.2 Å². The summed E-state index contributed by atoms with van der Waals surface area (Å²) in [7, 11) is 6.28. The Bertz CT molecular complexity index is 127. The highest BCUT2D eigenvalue weighted by Crippen LogP contribution is 1.89. The molecule has 0 bridgehead atoms. The Morgan fingerprint density at radius 3 is 2.27 bits per heavy atom. The molecule has 0 aromatic heterocycles. The summed E-state index contributed by atoms with van der Waals surface area (Å²) in [6, 6.07) is 0. The van der Waals surface area contributed by atoms with Crippen LogP contribution in [0.25, 0.3) is 0 Å². The summed E-state index contributed by atoms with van der Waals surface area (Å²) in [5, 5.41) is 0. The molecular formula is C8H18NO2+. The minimum Gasteiger partial charge on any atom is -0.368 e. The van der Waals surface area contributed by atoms with E-state index in [4.69, 9.17) is 4.74 Å². The monoisotopic (exact) mass is 160 g/mol. The van der Waals surface area contributed by atoms with Crippen molar-refractivity contribution >= 4 is 5.78 Å². The molecule has 0 spiro atoms. The number of nitrogens with zero attached hydrogens (tertiary/aromatic N) is 1. The van der Waals surface area contributed by atoms with E-state index in [1.165, 1.54) is 6.92 Å². The van der Waals surface area contributed by atoms with Crippen molar-refractivity contribution in [1.82, 2.24) is 0 Å². The summed E-state index contributed by atoms with van der Waals surface area (Å²) in [4.78, 5) is 10.4. The van der Waals surface area contributed by atoms with Crippen LogP contribution >= 0.6 is 0 Å². The average Bonchev–Trinajstić information content (AvgIpc) is 1.78. The third-order valence-corrected chi connectivity index (χ3v) is 1.21. The topological polar surface area (TPSA) is 26.3 Å². The Morgan fingerprint density at radius 1 is 1.36 bits per heavy atom. The SMILES string of the molecule is CC(=O)COCC[N+](C)(C)C. The number of hydrogen-bond acceptors (Lipinski definition) is 2. The van der Waals surface area contributed by atoms with Crippen LogP contribution in [0.15, 0.2) is 0 Å². The van der Waals surface area contributed by atoms with Crippen molar-refractivity contribution in [3.8, 4) is 0 Å². The highest BCUT2D eigenvalue weighted by atomic mass is 16.5. The quantitative estimate of drug-likeness (QED) is 0.427. The molecule has 0 saturated carbocycles. The van der Waals surface area contributed by atoms with Gasteiger partial charge in [-0.15, -0.1) is 0 Å². The second kappa shape index (κ2) is 4.46. The molecule has 0 aliphatic heterocycles. The summed E-state index contributed by atoms with van der Waals surface area (Å²) < 4.78 is 5.98. The lowest BCUT2D eigenvalue weighted by atomic mass is 10.5. The predicted octanol–water partition coefficient (Wildman–Crippen LogP) is 0.298. The second-order valence-electron chi connectivity index (χ2n) is 3.77. The average molecular weight is 160 g/mol. The number of hydrogen-bond donors (Lipinski definition) is 0. The van der Waals surface area contributed by atoms with E-state index in [9.17, 15) is 4.79 Å². The molecule has 0 unspecified atom stereocenters. The van der Waals surface area contributed by atoms with Crippen LogP contribution in [0.1, 0.15) is 6.92 Å². The van der Waals surface area contributed by atoms with Gasteiger partial charge < -0.3 is 9.22 Å². The highest BCUT2D eigenvalue weighted by molar-refractivity contribution is 5.76. The third-order valence-electron chi connectivity index (χ3n) is 1.21. The van der Waals surface area contributed by atoms with Crippen LogP contribution in [0.2, 0.25) is 0 Å². The lowest BCUT2D eigenvalue weighted by molar-refractivity contribution is -0.870. The van der Waals surface area contributed by atoms with E-state index in [0.29, 0.717) is 6.61 Å². The first kappa shape index (κ1) is 10.6. The minimum absolute atomic E-state index is 0.0893. The van der Waals surface area contributed by atoms with Gasteiger partial charge in [-0.25, -0.2) is 0 Å². The van der Waals surface area contributed by atoms with Crippen LogP contribution < -0.4 is 0 Å². The van der Waals surface area contributed by atoms with Crippen LogP contribution in [-0.4, -0.2) is 51.2 Å². The maximum atomic E-state index is 10.4. The van der Waals surface area contributed by atoms with Gasteiger partial charge in [0, 0.05) is 0 Å². The normalized spacial score (nSPS) is 11.6. The van der Waals surface area contributed by atoms with Crippen LogP contribution in [0.5, 0.6) is 0 Å². The minimum atomic E-state index is 0.0893. The molecule has 3 heteroatoms. The van der Waals surface area contributed by atoms with Crippen LogP contribution in [0, 0.1) is 0 Å². The third kappa shape index (κ3) is 9.59. The molecule has 0 radical (unpaired) electrons. The smallest absolute Gasteiger partial charge is 0.155 e. The van der Waals surface area contributed by atoms with Crippen LogP contribution in [0.4, 0.5) is 0 Å². The van der Waals surface area contributed by atoms with Crippen molar-refractivity contribution in [2.75, 3.05) is 40.9 Å². The zero-order valence-corrected chi connectivity index (χ0v) is 7.89. The molecule has 0 aliphatic carbocycles. The van der Waals surface area contributed by atoms with Gasteiger partial charge in [-0.2, -0.15) is 0 Å². The predicted molar refractivity (Wildman–Crippen MR) is 44.4 cm³/mol. The highest BCUT2D eigenvalue weighted by Gasteiger charge is 2.05. The molecule has 3 nitrogen and oxygen atoms in total. The Hall–Kier alpha value is -0.410. The number of rotatable bonds is 5. The number of carbonyl (C=O) groups is 1. The van der Waals surface area contributed by atoms with Gasteiger partial charge >= 0.3 is 0 Å². The van der Waals surface area contributed by atoms with Gasteiger partial charge in [0.2, 0.25) is 0 Å². The lowest BCUT2D eigenvalue weighted by Gasteiger charge is -2.23. The first-order valence-electron chi connectivity index (χ1n) is 3.79. The van der Waals surface area contributed by atoms with E-state index in [2.05, 4.69) is 21.1 Å². The fourth-order valence-corrected chi connectivity index (χ4v) is 0.554. The zero-order chi connectivity index (χ0) is 8.91. The van der Waals surface area contributed by atoms with Crippen LogP contribution in [-0.2, 0) is 9.53 Å². The van der Waals surface area contributed by atoms with Crippen molar-refractivity contribution in [3.05, 3.63) is 0 Å². The molecule has 0 rings (SSSR count). The number of quaternary nitrogens is 1. The lowest BCUT2D eigenvalue weighted by Crippen LogP contribution is -2.37. The first-order chi connectivity index (χ1) is 4.92. The molecule has 0 fully saturated rings. The van der Waals surface area contributed by atoms with Gasteiger partial charge in [0.25, 0.3) is 0 Å². The van der Waals surface area contributed by atoms with Crippen molar-refractivity contribution < 1.29 is 14.0 Å². The molecule has 0 N–H and O–H groups in total. The summed E-state index contributed by atoms with van der Waals surface area (Å²) in [6.07, 6.45) is 0. The van der Waals surface area contributed by atoms with Gasteiger partial charge in [-0.1, -0.05) is 0 Å². The van der Waals surface area contributed by atoms with E-state index in [-0.39, 0.29) is 12.4 Å². The van der Waals surface area contributed by atoms with Gasteiger partial charge in [-0.3, -0.25) is 4.79 Å². The van der Waals surface area contributed by atoms with E-state index in [1.807, 2.05) is 0 Å². The fourth-order valence-electron chi connectivity index (χ4n) is 0.554. The van der Waals surface area contributed by atoms with E-state index < -0.39 is 0 Å². The maximum absolute atomic E-state index is 10.4. The van der Waals surface area contributed by atoms with E-state index in [1.54, 1.807) is 0 Å². The zero-order valence-electron chi connectivity index (χ0n) is 7.89. The molecule has 11 heavy (non-hydrogen) atoms. The van der Waals surface area contributed by atoms with Crippen molar-refractivity contribution in [1.29, 1.82) is 0 Å². The Kier molecular flexibility index (Phi) is 4.30.